The Bertz CT molecular complexity index is 2870. The molecule has 1 atom stereocenters. The largest absolute Gasteiger partial charge is 0.314 e. The molecule has 0 aliphatic heterocycles. The van der Waals surface area contributed by atoms with Crippen molar-refractivity contribution in [2.75, 3.05) is 4.90 Å². The number of hydrogen-bond acceptors (Lipinski definition) is 1. The van der Waals surface area contributed by atoms with Crippen molar-refractivity contribution in [2.45, 2.75) is 45.4 Å². The highest BCUT2D eigenvalue weighted by molar-refractivity contribution is 6.33. The van der Waals surface area contributed by atoms with Crippen LogP contribution >= 0.6 is 0 Å². The highest BCUT2D eigenvalue weighted by Gasteiger charge is 2.27. The molecule has 0 saturated carbocycles. The fraction of sp³-hybridized carbons (Fsp3) is 0.143. The molecule has 8 aromatic carbocycles. The van der Waals surface area contributed by atoms with Crippen LogP contribution in [0.1, 0.15) is 45.6 Å². The van der Waals surface area contributed by atoms with Crippen molar-refractivity contribution >= 4 is 43.7 Å². The van der Waals surface area contributed by atoms with Crippen LogP contribution in [0.3, 0.4) is 0 Å². The minimum absolute atomic E-state index is 0.0795. The third kappa shape index (κ3) is 6.28. The first kappa shape index (κ1) is 35.0. The Morgan fingerprint density at radius 3 is 1.79 bits per heavy atom. The van der Waals surface area contributed by atoms with E-state index in [9.17, 15) is 0 Å². The predicted octanol–water partition coefficient (Wildman–Crippen LogP) is 15.8. The average molecular weight is 734 g/mol. The summed E-state index contributed by atoms with van der Waals surface area (Å²) in [5.74, 6) is 0.540. The first-order chi connectivity index (χ1) is 27.9. The van der Waals surface area contributed by atoms with E-state index in [1.165, 1.54) is 100 Å². The summed E-state index contributed by atoms with van der Waals surface area (Å²) >= 11 is 0. The van der Waals surface area contributed by atoms with Crippen LogP contribution in [-0.2, 0) is 5.41 Å². The van der Waals surface area contributed by atoms with Crippen molar-refractivity contribution in [3.8, 4) is 33.4 Å². The van der Waals surface area contributed by atoms with E-state index in [1.54, 1.807) is 0 Å². The van der Waals surface area contributed by atoms with Crippen LogP contribution in [0.4, 0.5) is 11.4 Å². The quantitative estimate of drug-likeness (QED) is 0.154. The summed E-state index contributed by atoms with van der Waals surface area (Å²) < 4.78 is 0. The maximum atomic E-state index is 2.53. The smallest absolute Gasteiger partial charge is 0.0465 e. The van der Waals surface area contributed by atoms with Gasteiger partial charge in [-0.3, -0.25) is 0 Å². The van der Waals surface area contributed by atoms with Crippen molar-refractivity contribution < 1.29 is 0 Å². The van der Waals surface area contributed by atoms with E-state index < -0.39 is 0 Å². The number of allylic oxidation sites excluding steroid dienone is 6. The summed E-state index contributed by atoms with van der Waals surface area (Å²) in [7, 11) is 0. The van der Waals surface area contributed by atoms with Crippen molar-refractivity contribution in [1.82, 2.24) is 0 Å². The number of rotatable bonds is 6. The Labute approximate surface area is 336 Å². The molecule has 0 aromatic heterocycles. The minimum atomic E-state index is 0.0795. The van der Waals surface area contributed by atoms with Gasteiger partial charge in [-0.2, -0.15) is 0 Å². The van der Waals surface area contributed by atoms with Gasteiger partial charge in [0.1, 0.15) is 0 Å². The Balaban J connectivity index is 1.30. The molecule has 2 aliphatic rings. The fourth-order valence-electron chi connectivity index (χ4n) is 9.38. The van der Waals surface area contributed by atoms with Gasteiger partial charge in [0.05, 0.1) is 0 Å². The number of anilines is 2. The van der Waals surface area contributed by atoms with Gasteiger partial charge in [0, 0.05) is 17.1 Å². The Morgan fingerprint density at radius 2 is 1.11 bits per heavy atom. The summed E-state index contributed by atoms with van der Waals surface area (Å²) in [5.41, 5.74) is 14.0. The van der Waals surface area contributed by atoms with E-state index in [2.05, 4.69) is 214 Å². The van der Waals surface area contributed by atoms with Crippen molar-refractivity contribution in [3.05, 3.63) is 205 Å². The normalized spacial score (nSPS) is 15.4. The molecule has 0 fully saturated rings. The summed E-state index contributed by atoms with van der Waals surface area (Å²) in [6, 6.07) is 61.0. The number of nitrogens with zero attached hydrogens (tertiary/aromatic N) is 1. The molecule has 10 rings (SSSR count). The van der Waals surface area contributed by atoms with Gasteiger partial charge in [-0.05, 0) is 144 Å². The lowest BCUT2D eigenvalue weighted by molar-refractivity contribution is 0.547. The van der Waals surface area contributed by atoms with Crippen molar-refractivity contribution in [1.29, 1.82) is 0 Å². The molecular formula is C56H47N. The molecule has 0 saturated heterocycles. The molecule has 0 heterocycles. The molecule has 2 aliphatic carbocycles. The zero-order valence-electron chi connectivity index (χ0n) is 33.0. The SMILES string of the molecule is CC(C)(C)c1ccc(N(C2=CC=C3C=CCCC3C2)c2ccc3c(c2)c2ccccc2c2c(-c4ccccc4)cc(-c4ccccc4)c(-c4ccccc4)c32)cc1. The number of benzene rings is 8. The van der Waals surface area contributed by atoms with Crippen LogP contribution in [0.25, 0.3) is 65.7 Å². The lowest BCUT2D eigenvalue weighted by atomic mass is 9.81. The van der Waals surface area contributed by atoms with E-state index in [-0.39, 0.29) is 5.41 Å². The third-order valence-corrected chi connectivity index (χ3v) is 12.2. The van der Waals surface area contributed by atoms with Gasteiger partial charge < -0.3 is 4.90 Å². The van der Waals surface area contributed by atoms with Gasteiger partial charge in [-0.25, -0.2) is 0 Å². The molecule has 0 radical (unpaired) electrons. The second kappa shape index (κ2) is 14.3. The Hall–Kier alpha value is -6.44. The molecule has 8 aromatic rings. The summed E-state index contributed by atoms with van der Waals surface area (Å²) in [6.45, 7) is 6.88. The van der Waals surface area contributed by atoms with E-state index in [0.717, 1.165) is 12.8 Å². The molecule has 0 amide bonds. The van der Waals surface area contributed by atoms with Crippen LogP contribution in [0, 0.1) is 5.92 Å². The van der Waals surface area contributed by atoms with Crippen molar-refractivity contribution in [2.24, 2.45) is 5.92 Å². The first-order valence-corrected chi connectivity index (χ1v) is 20.5. The molecule has 57 heavy (non-hydrogen) atoms. The predicted molar refractivity (Wildman–Crippen MR) is 245 cm³/mol. The average Bonchev–Trinajstić information content (AvgIpc) is 3.26. The summed E-state index contributed by atoms with van der Waals surface area (Å²) in [6.07, 6.45) is 12.8. The van der Waals surface area contributed by atoms with Crippen LogP contribution in [0.2, 0.25) is 0 Å². The van der Waals surface area contributed by atoms with Crippen LogP contribution in [0.15, 0.2) is 199 Å². The molecular weight excluding hydrogens is 687 g/mol. The Morgan fingerprint density at radius 1 is 0.509 bits per heavy atom. The second-order valence-electron chi connectivity index (χ2n) is 16.8. The molecule has 1 unspecified atom stereocenters. The molecule has 276 valence electrons. The molecule has 0 bridgehead atoms. The minimum Gasteiger partial charge on any atom is -0.314 e. The highest BCUT2D eigenvalue weighted by atomic mass is 15.1. The molecule has 0 spiro atoms. The fourth-order valence-corrected chi connectivity index (χ4v) is 9.38. The van der Waals surface area contributed by atoms with Gasteiger partial charge in [-0.15, -0.1) is 0 Å². The maximum Gasteiger partial charge on any atom is 0.0465 e. The number of hydrogen-bond donors (Lipinski definition) is 0. The molecule has 0 N–H and O–H groups in total. The van der Waals surface area contributed by atoms with Crippen LogP contribution in [0.5, 0.6) is 0 Å². The second-order valence-corrected chi connectivity index (χ2v) is 16.8. The van der Waals surface area contributed by atoms with Gasteiger partial charge in [0.25, 0.3) is 0 Å². The van der Waals surface area contributed by atoms with Gasteiger partial charge >= 0.3 is 0 Å². The maximum absolute atomic E-state index is 2.53. The zero-order valence-corrected chi connectivity index (χ0v) is 33.0. The number of fused-ring (bicyclic) bond motifs is 7. The van der Waals surface area contributed by atoms with Crippen molar-refractivity contribution in [3.63, 3.8) is 0 Å². The lowest BCUT2D eigenvalue weighted by Crippen LogP contribution is -2.22. The standard InChI is InChI=1S/C56H47N/c1-56(2,3)43-28-31-44(32-29-43)57(45-30-27-38-17-13-14-24-42(38)35-45)46-33-34-49-52(36-46)47-25-15-16-26-48(47)54-51(40-20-9-5-10-21-40)37-50(39-18-7-4-8-19-39)53(55(49)54)41-22-11-6-12-23-41/h4-13,15-23,25-34,36-37,42H,14,24,35H2,1-3H3. The zero-order chi connectivity index (χ0) is 38.5. The van der Waals surface area contributed by atoms with Crippen LogP contribution < -0.4 is 4.90 Å². The molecule has 1 nitrogen and oxygen atoms in total. The van der Waals surface area contributed by atoms with Gasteiger partial charge in [0.15, 0.2) is 0 Å². The van der Waals surface area contributed by atoms with E-state index in [0.29, 0.717) is 5.92 Å². The Kier molecular flexibility index (Phi) is 8.75. The van der Waals surface area contributed by atoms with Crippen LogP contribution in [-0.4, -0.2) is 0 Å². The van der Waals surface area contributed by atoms with E-state index in [1.807, 2.05) is 0 Å². The molecule has 1 heteroatoms. The monoisotopic (exact) mass is 733 g/mol. The lowest BCUT2D eigenvalue weighted by Gasteiger charge is -2.34. The van der Waals surface area contributed by atoms with Gasteiger partial charge in [-0.1, -0.05) is 172 Å². The first-order valence-electron chi connectivity index (χ1n) is 20.5. The summed E-state index contributed by atoms with van der Waals surface area (Å²) in [5, 5.41) is 7.66. The third-order valence-electron chi connectivity index (χ3n) is 12.2. The summed E-state index contributed by atoms with van der Waals surface area (Å²) in [4.78, 5) is 2.53. The van der Waals surface area contributed by atoms with Gasteiger partial charge in [0.2, 0.25) is 0 Å². The topological polar surface area (TPSA) is 3.24 Å². The van der Waals surface area contributed by atoms with E-state index in [4.69, 9.17) is 0 Å². The highest BCUT2D eigenvalue weighted by Crippen LogP contribution is 2.50. The van der Waals surface area contributed by atoms with E-state index >= 15 is 0 Å².